The number of ketones is 1. The van der Waals surface area contributed by atoms with Gasteiger partial charge in [0.1, 0.15) is 11.5 Å². The number of nitrogens with zero attached hydrogens (tertiary/aromatic N) is 3. The molecule has 1 aromatic carbocycles. The van der Waals surface area contributed by atoms with Crippen LogP contribution < -0.4 is 4.90 Å². The normalized spacial score (nSPS) is 14.4. The summed E-state index contributed by atoms with van der Waals surface area (Å²) in [5.74, 6) is -0.394. The quantitative estimate of drug-likeness (QED) is 0.774. The lowest BCUT2D eigenvalue weighted by Crippen LogP contribution is -2.49. The van der Waals surface area contributed by atoms with Gasteiger partial charge in [0.2, 0.25) is 5.91 Å². The molecule has 0 bridgehead atoms. The van der Waals surface area contributed by atoms with Crippen molar-refractivity contribution in [1.82, 2.24) is 9.88 Å². The molecule has 1 aromatic heterocycles. The number of Topliss-reactive ketones (excluding diaryl/α,β-unsaturated/α-hetero) is 1. The number of halogens is 1. The van der Waals surface area contributed by atoms with Crippen LogP contribution in [0.15, 0.2) is 42.6 Å². The Labute approximate surface area is 152 Å². The number of piperazine rings is 1. The number of aryl methyl sites for hydroxylation is 1. The zero-order chi connectivity index (χ0) is 18.5. The average molecular weight is 355 g/mol. The second kappa shape index (κ2) is 8.08. The summed E-state index contributed by atoms with van der Waals surface area (Å²) in [5, 5.41) is 0. The maximum Gasteiger partial charge on any atom is 0.223 e. The number of hydrogen-bond donors (Lipinski definition) is 0. The van der Waals surface area contributed by atoms with Crippen LogP contribution in [0.2, 0.25) is 0 Å². The van der Waals surface area contributed by atoms with Gasteiger partial charge in [-0.15, -0.1) is 0 Å². The topological polar surface area (TPSA) is 53.5 Å². The van der Waals surface area contributed by atoms with E-state index in [0.29, 0.717) is 31.9 Å². The van der Waals surface area contributed by atoms with Gasteiger partial charge < -0.3 is 9.80 Å². The third kappa shape index (κ3) is 4.25. The summed E-state index contributed by atoms with van der Waals surface area (Å²) in [5.41, 5.74) is 2.29. The van der Waals surface area contributed by atoms with Crippen LogP contribution in [0.1, 0.15) is 28.9 Å². The lowest BCUT2D eigenvalue weighted by Gasteiger charge is -2.36. The predicted octanol–water partition coefficient (Wildman–Crippen LogP) is 2.84. The first-order chi connectivity index (χ1) is 12.5. The first-order valence-corrected chi connectivity index (χ1v) is 8.77. The summed E-state index contributed by atoms with van der Waals surface area (Å²) in [6.07, 6.45) is 1.93. The Morgan fingerprint density at radius 3 is 2.54 bits per heavy atom. The van der Waals surface area contributed by atoms with Crippen LogP contribution in [-0.4, -0.2) is 47.8 Å². The number of anilines is 1. The van der Waals surface area contributed by atoms with Crippen LogP contribution in [0, 0.1) is 12.7 Å². The number of hydrogen-bond acceptors (Lipinski definition) is 4. The van der Waals surface area contributed by atoms with Crippen molar-refractivity contribution in [3.63, 3.8) is 0 Å². The van der Waals surface area contributed by atoms with E-state index in [1.807, 2.05) is 6.92 Å². The first kappa shape index (κ1) is 18.0. The molecule has 0 N–H and O–H groups in total. The minimum Gasteiger partial charge on any atom is -0.368 e. The van der Waals surface area contributed by atoms with Crippen molar-refractivity contribution in [2.75, 3.05) is 31.1 Å². The molecular weight excluding hydrogens is 333 g/mol. The molecule has 0 radical (unpaired) electrons. The summed E-state index contributed by atoms with van der Waals surface area (Å²) in [4.78, 5) is 32.3. The van der Waals surface area contributed by atoms with Crippen molar-refractivity contribution in [1.29, 1.82) is 0 Å². The average Bonchev–Trinajstić information content (AvgIpc) is 2.68. The minimum absolute atomic E-state index is 0.0232. The number of benzene rings is 1. The van der Waals surface area contributed by atoms with Gasteiger partial charge in [0, 0.05) is 50.9 Å². The number of carbonyl (C=O) groups excluding carboxylic acids is 2. The van der Waals surface area contributed by atoms with E-state index in [0.717, 1.165) is 11.3 Å². The van der Waals surface area contributed by atoms with E-state index >= 15 is 0 Å². The lowest BCUT2D eigenvalue weighted by atomic mass is 10.1. The van der Waals surface area contributed by atoms with Crippen molar-refractivity contribution in [3.05, 3.63) is 59.7 Å². The summed E-state index contributed by atoms with van der Waals surface area (Å²) in [7, 11) is 0. The molecule has 5 nitrogen and oxygen atoms in total. The molecule has 136 valence electrons. The Kier molecular flexibility index (Phi) is 5.61. The zero-order valence-corrected chi connectivity index (χ0v) is 14.8. The summed E-state index contributed by atoms with van der Waals surface area (Å²) >= 11 is 0. The van der Waals surface area contributed by atoms with Crippen molar-refractivity contribution in [3.8, 4) is 0 Å². The number of carbonyl (C=O) groups is 2. The number of pyridine rings is 1. The van der Waals surface area contributed by atoms with E-state index in [1.165, 1.54) is 6.07 Å². The molecule has 0 spiro atoms. The van der Waals surface area contributed by atoms with Gasteiger partial charge in [0.15, 0.2) is 5.78 Å². The van der Waals surface area contributed by atoms with Gasteiger partial charge in [-0.3, -0.25) is 14.6 Å². The second-order valence-electron chi connectivity index (χ2n) is 6.44. The number of rotatable bonds is 5. The Balaban J connectivity index is 1.51. The van der Waals surface area contributed by atoms with Crippen LogP contribution in [0.25, 0.3) is 0 Å². The predicted molar refractivity (Wildman–Crippen MR) is 97.7 cm³/mol. The fourth-order valence-electron chi connectivity index (χ4n) is 3.15. The summed E-state index contributed by atoms with van der Waals surface area (Å²) in [6.45, 7) is 4.42. The highest BCUT2D eigenvalue weighted by Gasteiger charge is 2.23. The molecule has 26 heavy (non-hydrogen) atoms. The van der Waals surface area contributed by atoms with Gasteiger partial charge in [-0.05, 0) is 36.8 Å². The van der Waals surface area contributed by atoms with Crippen molar-refractivity contribution in [2.45, 2.75) is 19.8 Å². The zero-order valence-electron chi connectivity index (χ0n) is 14.8. The lowest BCUT2D eigenvalue weighted by molar-refractivity contribution is -0.131. The van der Waals surface area contributed by atoms with Gasteiger partial charge in [-0.1, -0.05) is 12.1 Å². The molecule has 1 aliphatic rings. The largest absolute Gasteiger partial charge is 0.368 e. The van der Waals surface area contributed by atoms with Crippen LogP contribution in [0.4, 0.5) is 10.1 Å². The van der Waals surface area contributed by atoms with E-state index in [-0.39, 0.29) is 30.3 Å². The van der Waals surface area contributed by atoms with Gasteiger partial charge in [-0.25, -0.2) is 4.39 Å². The van der Waals surface area contributed by atoms with Gasteiger partial charge in [0.25, 0.3) is 0 Å². The summed E-state index contributed by atoms with van der Waals surface area (Å²) in [6, 6.07) is 9.94. The summed E-state index contributed by atoms with van der Waals surface area (Å²) < 4.78 is 13.5. The van der Waals surface area contributed by atoms with Crippen LogP contribution in [0.5, 0.6) is 0 Å². The van der Waals surface area contributed by atoms with Crippen LogP contribution in [-0.2, 0) is 4.79 Å². The van der Waals surface area contributed by atoms with Gasteiger partial charge in [0.05, 0.1) is 0 Å². The molecule has 0 unspecified atom stereocenters. The highest BCUT2D eigenvalue weighted by atomic mass is 19.1. The van der Waals surface area contributed by atoms with Crippen molar-refractivity contribution in [2.24, 2.45) is 0 Å². The second-order valence-corrected chi connectivity index (χ2v) is 6.44. The molecule has 2 heterocycles. The van der Waals surface area contributed by atoms with Gasteiger partial charge in [-0.2, -0.15) is 0 Å². The number of amides is 1. The Morgan fingerprint density at radius 2 is 1.85 bits per heavy atom. The maximum atomic E-state index is 13.5. The van der Waals surface area contributed by atoms with Crippen molar-refractivity contribution < 1.29 is 14.0 Å². The molecule has 0 saturated carbocycles. The highest BCUT2D eigenvalue weighted by molar-refractivity contribution is 5.96. The number of aromatic nitrogens is 1. The molecule has 1 saturated heterocycles. The fourth-order valence-corrected chi connectivity index (χ4v) is 3.15. The minimum atomic E-state index is -0.253. The Morgan fingerprint density at radius 1 is 1.08 bits per heavy atom. The van der Waals surface area contributed by atoms with E-state index in [1.54, 1.807) is 41.4 Å². The standard InChI is InChI=1S/C20H22FN3O2/c1-15-5-6-16(21)14-18(15)23-10-12-24(13-11-23)20(26)8-7-19(25)17-4-2-3-9-22-17/h2-6,9,14H,7-8,10-13H2,1H3. The molecule has 1 aliphatic heterocycles. The molecule has 3 rings (SSSR count). The van der Waals surface area contributed by atoms with Gasteiger partial charge >= 0.3 is 0 Å². The van der Waals surface area contributed by atoms with Crippen LogP contribution >= 0.6 is 0 Å². The monoisotopic (exact) mass is 355 g/mol. The molecule has 1 amide bonds. The first-order valence-electron chi connectivity index (χ1n) is 8.77. The maximum absolute atomic E-state index is 13.5. The molecule has 0 atom stereocenters. The van der Waals surface area contributed by atoms with E-state index < -0.39 is 0 Å². The van der Waals surface area contributed by atoms with E-state index in [9.17, 15) is 14.0 Å². The Bertz CT molecular complexity index is 787. The van der Waals surface area contributed by atoms with Crippen LogP contribution in [0.3, 0.4) is 0 Å². The molecule has 2 aromatic rings. The molecule has 0 aliphatic carbocycles. The van der Waals surface area contributed by atoms with E-state index in [4.69, 9.17) is 0 Å². The third-order valence-corrected chi connectivity index (χ3v) is 4.66. The molecular formula is C20H22FN3O2. The fraction of sp³-hybridized carbons (Fsp3) is 0.350. The molecule has 6 heteroatoms. The SMILES string of the molecule is Cc1ccc(F)cc1N1CCN(C(=O)CCC(=O)c2ccccn2)CC1. The van der Waals surface area contributed by atoms with E-state index in [2.05, 4.69) is 9.88 Å². The van der Waals surface area contributed by atoms with Crippen molar-refractivity contribution >= 4 is 17.4 Å². The Hall–Kier alpha value is -2.76. The third-order valence-electron chi connectivity index (χ3n) is 4.66. The highest BCUT2D eigenvalue weighted by Crippen LogP contribution is 2.22. The smallest absolute Gasteiger partial charge is 0.223 e. The molecule has 1 fully saturated rings.